The molecule has 4 unspecified atom stereocenters. The van der Waals surface area contributed by atoms with Crippen molar-refractivity contribution in [2.75, 3.05) is 19.8 Å². The first-order chi connectivity index (χ1) is 38.4. The topological polar surface area (TPSA) is 61.8 Å². The Balaban J connectivity index is 4.93. The van der Waals surface area contributed by atoms with Crippen molar-refractivity contribution in [3.63, 3.8) is 0 Å². The molecule has 0 amide bonds. The quantitative estimate of drug-likeness (QED) is 0.0345. The normalized spacial score (nSPS) is 13.5. The van der Waals surface area contributed by atoms with E-state index < -0.39 is 0 Å². The summed E-state index contributed by atoms with van der Waals surface area (Å²) >= 11 is 0. The molecule has 0 aromatic rings. The highest BCUT2D eigenvalue weighted by atomic mass is 16.6. The number of hydrogen-bond acceptors (Lipinski definition) is 5. The molecule has 0 fully saturated rings. The second-order valence-electron chi connectivity index (χ2n) is 24.8. The first-order valence-corrected chi connectivity index (χ1v) is 35.6. The minimum Gasteiger partial charge on any atom is -0.465 e. The summed E-state index contributed by atoms with van der Waals surface area (Å²) in [5, 5.41) is 0. The molecule has 4 atom stereocenters. The maximum atomic E-state index is 13.0. The molecule has 0 aromatic heterocycles. The van der Waals surface area contributed by atoms with Crippen molar-refractivity contribution in [1.29, 1.82) is 0 Å². The summed E-state index contributed by atoms with van der Waals surface area (Å²) in [5.74, 6) is 2.06. The number of unbranched alkanes of at least 4 members (excludes halogenated alkanes) is 37. The Kier molecular flexibility index (Phi) is 63.2. The monoisotopic (exact) mass is 1100 g/mol. The fourth-order valence-electron chi connectivity index (χ4n) is 11.7. The highest BCUT2D eigenvalue weighted by Crippen LogP contribution is 2.33. The minimum atomic E-state index is -0.0646. The van der Waals surface area contributed by atoms with Crippen molar-refractivity contribution in [1.82, 2.24) is 0 Å². The zero-order chi connectivity index (χ0) is 56.7. The van der Waals surface area contributed by atoms with Gasteiger partial charge in [-0.3, -0.25) is 9.59 Å². The Labute approximate surface area is 489 Å². The Morgan fingerprint density at radius 2 is 0.603 bits per heavy atom. The van der Waals surface area contributed by atoms with Crippen LogP contribution in [0.1, 0.15) is 388 Å². The summed E-state index contributed by atoms with van der Waals surface area (Å²) in [7, 11) is 0. The lowest BCUT2D eigenvalue weighted by Gasteiger charge is -2.27. The molecule has 0 spiro atoms. The number of carbonyl (C=O) groups is 2. The lowest BCUT2D eigenvalue weighted by molar-refractivity contribution is -0.148. The minimum absolute atomic E-state index is 0.0316. The predicted octanol–water partition coefficient (Wildman–Crippen LogP) is 24.6. The van der Waals surface area contributed by atoms with Crippen molar-refractivity contribution in [3.8, 4) is 0 Å². The van der Waals surface area contributed by atoms with Gasteiger partial charge in [-0.05, 0) is 108 Å². The van der Waals surface area contributed by atoms with Crippen LogP contribution in [0, 0.1) is 17.8 Å². The maximum absolute atomic E-state index is 13.0. The second kappa shape index (κ2) is 64.5. The number of rotatable bonds is 65. The van der Waals surface area contributed by atoms with Gasteiger partial charge in [0.25, 0.3) is 0 Å². The fraction of sp³-hybridized carbons (Fsp3) is 0.918. The van der Waals surface area contributed by atoms with Crippen LogP contribution in [0.2, 0.25) is 0 Å². The molecule has 0 saturated heterocycles. The van der Waals surface area contributed by atoms with E-state index in [1.165, 1.54) is 302 Å². The molecule has 0 bridgehead atoms. The van der Waals surface area contributed by atoms with Crippen LogP contribution in [-0.4, -0.2) is 37.9 Å². The van der Waals surface area contributed by atoms with E-state index in [4.69, 9.17) is 14.2 Å². The molecule has 0 rings (SSSR count). The van der Waals surface area contributed by atoms with Gasteiger partial charge in [-0.25, -0.2) is 0 Å². The van der Waals surface area contributed by atoms with Gasteiger partial charge >= 0.3 is 11.9 Å². The smallest absolute Gasteiger partial charge is 0.305 e. The number of ether oxygens (including phenoxy) is 3. The van der Waals surface area contributed by atoms with E-state index in [0.29, 0.717) is 32.0 Å². The SMILES string of the molecule is CCCCC/C=C/CCC(CCCCCCCC(=O)OCC(CCCCCCCC)CCCCCCCCCC)C(CC/C=C/CCCCC)CCCCCCCC(=O)OCC(C)OCCCCCCCCCCCCCC. The summed E-state index contributed by atoms with van der Waals surface area (Å²) in [4.78, 5) is 25.6. The van der Waals surface area contributed by atoms with Gasteiger partial charge in [-0.2, -0.15) is 0 Å². The molecule has 5 heteroatoms. The molecule has 0 saturated carbocycles. The van der Waals surface area contributed by atoms with Crippen molar-refractivity contribution in [2.24, 2.45) is 17.8 Å². The predicted molar refractivity (Wildman–Crippen MR) is 344 cm³/mol. The van der Waals surface area contributed by atoms with Crippen LogP contribution in [0.4, 0.5) is 0 Å². The Hall–Kier alpha value is -1.62. The summed E-state index contributed by atoms with van der Waals surface area (Å²) in [6, 6.07) is 0. The van der Waals surface area contributed by atoms with Gasteiger partial charge in [0.1, 0.15) is 6.61 Å². The van der Waals surface area contributed by atoms with Crippen LogP contribution in [0.15, 0.2) is 24.3 Å². The fourth-order valence-corrected chi connectivity index (χ4v) is 11.7. The van der Waals surface area contributed by atoms with Crippen molar-refractivity contribution in [2.45, 2.75) is 394 Å². The van der Waals surface area contributed by atoms with E-state index in [9.17, 15) is 9.59 Å². The molecule has 462 valence electrons. The van der Waals surface area contributed by atoms with Crippen molar-refractivity contribution < 1.29 is 23.8 Å². The lowest BCUT2D eigenvalue weighted by Crippen LogP contribution is -2.19. The average molecular weight is 1100 g/mol. The van der Waals surface area contributed by atoms with E-state index in [2.05, 4.69) is 58.9 Å². The zero-order valence-electron chi connectivity index (χ0n) is 54.0. The molecular weight excluding hydrogens is 957 g/mol. The largest absolute Gasteiger partial charge is 0.465 e. The maximum Gasteiger partial charge on any atom is 0.305 e. The van der Waals surface area contributed by atoms with Gasteiger partial charge in [0.05, 0.1) is 12.7 Å². The Bertz CT molecular complexity index is 1240. The van der Waals surface area contributed by atoms with Crippen LogP contribution in [0.25, 0.3) is 0 Å². The highest BCUT2D eigenvalue weighted by molar-refractivity contribution is 5.69. The van der Waals surface area contributed by atoms with E-state index in [-0.39, 0.29) is 18.0 Å². The second-order valence-corrected chi connectivity index (χ2v) is 24.8. The number of hydrogen-bond donors (Lipinski definition) is 0. The van der Waals surface area contributed by atoms with E-state index in [1.807, 2.05) is 6.92 Å². The van der Waals surface area contributed by atoms with Crippen LogP contribution in [0.5, 0.6) is 0 Å². The van der Waals surface area contributed by atoms with Gasteiger partial charge < -0.3 is 14.2 Å². The number of esters is 2. The molecule has 0 heterocycles. The molecule has 0 aliphatic carbocycles. The van der Waals surface area contributed by atoms with Gasteiger partial charge in [-0.15, -0.1) is 0 Å². The van der Waals surface area contributed by atoms with E-state index >= 15 is 0 Å². The van der Waals surface area contributed by atoms with Crippen LogP contribution >= 0.6 is 0 Å². The Morgan fingerprint density at radius 1 is 0.308 bits per heavy atom. The zero-order valence-corrected chi connectivity index (χ0v) is 54.0. The summed E-state index contributed by atoms with van der Waals surface area (Å²) in [5.41, 5.74) is 0. The third kappa shape index (κ3) is 57.6. The van der Waals surface area contributed by atoms with Gasteiger partial charge in [0.15, 0.2) is 0 Å². The van der Waals surface area contributed by atoms with Crippen LogP contribution in [-0.2, 0) is 23.8 Å². The molecule has 78 heavy (non-hydrogen) atoms. The third-order valence-electron chi connectivity index (χ3n) is 17.1. The Morgan fingerprint density at radius 3 is 0.987 bits per heavy atom. The summed E-state index contributed by atoms with van der Waals surface area (Å²) in [6.45, 7) is 15.3. The first-order valence-electron chi connectivity index (χ1n) is 35.6. The summed E-state index contributed by atoms with van der Waals surface area (Å²) in [6.07, 6.45) is 78.1. The first kappa shape index (κ1) is 76.4. The molecule has 0 aliphatic rings. The van der Waals surface area contributed by atoms with Crippen LogP contribution in [0.3, 0.4) is 0 Å². The van der Waals surface area contributed by atoms with E-state index in [1.54, 1.807) is 0 Å². The van der Waals surface area contributed by atoms with Gasteiger partial charge in [0.2, 0.25) is 0 Å². The number of allylic oxidation sites excluding steroid dienone is 4. The highest BCUT2D eigenvalue weighted by Gasteiger charge is 2.21. The van der Waals surface area contributed by atoms with Crippen LogP contribution < -0.4 is 0 Å². The van der Waals surface area contributed by atoms with Gasteiger partial charge in [-0.1, -0.05) is 309 Å². The molecule has 0 radical (unpaired) electrons. The number of carbonyl (C=O) groups excluding carboxylic acids is 2. The van der Waals surface area contributed by atoms with Crippen molar-refractivity contribution in [3.05, 3.63) is 24.3 Å². The van der Waals surface area contributed by atoms with Gasteiger partial charge in [0, 0.05) is 19.4 Å². The molecular formula is C73H140O5. The molecule has 0 aliphatic heterocycles. The molecule has 5 nitrogen and oxygen atoms in total. The standard InChI is InChI=1S/C73H140O5/c1-7-12-17-22-27-29-30-31-32-36-47-56-65-76-68(6)66-77-72(74)63-54-45-37-43-52-61-70(59-50-41-33-24-19-14-9-3)71(60-51-42-34-25-20-15-10-4)62-53-44-38-46-55-64-73(75)78-67-69(57-48-39-26-21-16-11-5)58-49-40-35-28-23-18-13-8-2/h33-34,41-42,68-71H,7-32,35-40,43-67H2,1-6H3/b41-33+,42-34+. The molecule has 0 N–H and O–H groups in total. The average Bonchev–Trinajstić information content (AvgIpc) is 3.44. The van der Waals surface area contributed by atoms with Crippen molar-refractivity contribution >= 4 is 11.9 Å². The third-order valence-corrected chi connectivity index (χ3v) is 17.1. The summed E-state index contributed by atoms with van der Waals surface area (Å²) < 4.78 is 17.6. The molecule has 0 aromatic carbocycles. The lowest BCUT2D eigenvalue weighted by atomic mass is 9.78. The van der Waals surface area contributed by atoms with E-state index in [0.717, 1.165) is 50.5 Å².